The molecular weight excluding hydrogens is 387 g/mol. The molecule has 4 heterocycles. The molecule has 1 aliphatic rings. The summed E-state index contributed by atoms with van der Waals surface area (Å²) in [6.45, 7) is 3.18. The Morgan fingerprint density at radius 3 is 3.07 bits per heavy atom. The monoisotopic (exact) mass is 408 g/mol. The van der Waals surface area contributed by atoms with E-state index in [0.717, 1.165) is 23.1 Å². The van der Waals surface area contributed by atoms with Crippen LogP contribution in [0, 0.1) is 5.82 Å². The molecular formula is C21H21FN6O2. The Hall–Kier alpha value is -3.46. The van der Waals surface area contributed by atoms with Gasteiger partial charge in [-0.3, -0.25) is 5.10 Å². The Morgan fingerprint density at radius 2 is 2.27 bits per heavy atom. The fourth-order valence-electron chi connectivity index (χ4n) is 3.60. The number of anilines is 1. The number of H-pyrrole nitrogens is 1. The van der Waals surface area contributed by atoms with Crippen molar-refractivity contribution in [2.24, 2.45) is 0 Å². The van der Waals surface area contributed by atoms with E-state index < -0.39 is 0 Å². The summed E-state index contributed by atoms with van der Waals surface area (Å²) in [4.78, 5) is 4.71. The fraction of sp³-hybridized carbons (Fsp3) is 0.286. The van der Waals surface area contributed by atoms with Gasteiger partial charge in [0.25, 0.3) is 0 Å². The van der Waals surface area contributed by atoms with Gasteiger partial charge in [0.15, 0.2) is 5.65 Å². The number of hydrogen-bond acceptors (Lipinski definition) is 6. The SMILES string of the molecule is CC(Nc1ccn2ncc(-c3cn[nH]c3)c2n1)c1cc(F)ccc1OC1CCOC1. The van der Waals surface area contributed by atoms with Gasteiger partial charge in [-0.2, -0.15) is 10.2 Å². The van der Waals surface area contributed by atoms with Crippen LogP contribution < -0.4 is 10.1 Å². The molecule has 2 N–H and O–H groups in total. The van der Waals surface area contributed by atoms with Crippen LogP contribution in [0.1, 0.15) is 24.9 Å². The minimum Gasteiger partial charge on any atom is -0.488 e. The van der Waals surface area contributed by atoms with E-state index in [2.05, 4.69) is 20.6 Å². The molecule has 30 heavy (non-hydrogen) atoms. The smallest absolute Gasteiger partial charge is 0.165 e. The van der Waals surface area contributed by atoms with Crippen molar-refractivity contribution in [3.05, 3.63) is 60.4 Å². The summed E-state index contributed by atoms with van der Waals surface area (Å²) in [5.74, 6) is 0.992. The van der Waals surface area contributed by atoms with Crippen LogP contribution >= 0.6 is 0 Å². The van der Waals surface area contributed by atoms with E-state index in [1.54, 1.807) is 29.2 Å². The number of aromatic nitrogens is 5. The molecule has 3 aromatic heterocycles. The van der Waals surface area contributed by atoms with Gasteiger partial charge in [0.05, 0.1) is 31.6 Å². The van der Waals surface area contributed by atoms with Crippen molar-refractivity contribution < 1.29 is 13.9 Å². The third kappa shape index (κ3) is 3.59. The third-order valence-electron chi connectivity index (χ3n) is 5.16. The van der Waals surface area contributed by atoms with Crippen molar-refractivity contribution in [2.75, 3.05) is 18.5 Å². The minimum atomic E-state index is -0.310. The molecule has 9 heteroatoms. The van der Waals surface area contributed by atoms with Crippen LogP contribution in [0.4, 0.5) is 10.2 Å². The van der Waals surface area contributed by atoms with Crippen LogP contribution in [-0.2, 0) is 4.74 Å². The average Bonchev–Trinajstić information content (AvgIpc) is 3.50. The lowest BCUT2D eigenvalue weighted by atomic mass is 10.1. The topological polar surface area (TPSA) is 89.4 Å². The van der Waals surface area contributed by atoms with Crippen molar-refractivity contribution in [3.63, 3.8) is 0 Å². The van der Waals surface area contributed by atoms with E-state index in [-0.39, 0.29) is 18.0 Å². The van der Waals surface area contributed by atoms with E-state index in [1.165, 1.54) is 12.1 Å². The van der Waals surface area contributed by atoms with E-state index in [1.807, 2.05) is 19.2 Å². The zero-order chi connectivity index (χ0) is 20.5. The highest BCUT2D eigenvalue weighted by Gasteiger charge is 2.21. The predicted octanol–water partition coefficient (Wildman–Crippen LogP) is 3.60. The molecule has 1 aliphatic heterocycles. The number of ether oxygens (including phenoxy) is 2. The number of fused-ring (bicyclic) bond motifs is 1. The van der Waals surface area contributed by atoms with Gasteiger partial charge in [-0.1, -0.05) is 0 Å². The Bertz CT molecular complexity index is 1150. The van der Waals surface area contributed by atoms with Gasteiger partial charge < -0.3 is 14.8 Å². The lowest BCUT2D eigenvalue weighted by Crippen LogP contribution is -2.18. The number of nitrogens with one attached hydrogen (secondary N) is 2. The highest BCUT2D eigenvalue weighted by Crippen LogP contribution is 2.31. The van der Waals surface area contributed by atoms with Crippen LogP contribution in [0.2, 0.25) is 0 Å². The Morgan fingerprint density at radius 1 is 1.33 bits per heavy atom. The van der Waals surface area contributed by atoms with Crippen LogP contribution in [-0.4, -0.2) is 44.1 Å². The van der Waals surface area contributed by atoms with Crippen LogP contribution in [0.3, 0.4) is 0 Å². The second-order valence-electron chi connectivity index (χ2n) is 7.28. The normalized spacial score (nSPS) is 17.3. The standard InChI is InChI=1S/C21H21FN6O2/c1-13(17-8-15(22)2-3-19(17)30-16-5-7-29-12-16)26-20-4-6-28-21(27-20)18(11-25-28)14-9-23-24-10-14/h2-4,6,8-11,13,16H,5,7,12H2,1H3,(H,23,24)(H,26,27). The van der Waals surface area contributed by atoms with Crippen LogP contribution in [0.5, 0.6) is 5.75 Å². The maximum Gasteiger partial charge on any atom is 0.165 e. The van der Waals surface area contributed by atoms with Crippen molar-refractivity contribution >= 4 is 11.5 Å². The molecule has 4 aromatic rings. The molecule has 1 saturated heterocycles. The van der Waals surface area contributed by atoms with E-state index >= 15 is 0 Å². The van der Waals surface area contributed by atoms with Crippen LogP contribution in [0.15, 0.2) is 49.1 Å². The lowest BCUT2D eigenvalue weighted by Gasteiger charge is -2.21. The second-order valence-corrected chi connectivity index (χ2v) is 7.28. The van der Waals surface area contributed by atoms with Crippen molar-refractivity contribution in [1.82, 2.24) is 24.8 Å². The van der Waals surface area contributed by atoms with Gasteiger partial charge in [0, 0.05) is 35.5 Å². The highest BCUT2D eigenvalue weighted by molar-refractivity contribution is 5.76. The number of hydrogen-bond donors (Lipinski definition) is 2. The van der Waals surface area contributed by atoms with Gasteiger partial charge in [0.2, 0.25) is 0 Å². The fourth-order valence-corrected chi connectivity index (χ4v) is 3.60. The zero-order valence-electron chi connectivity index (χ0n) is 16.4. The molecule has 0 amide bonds. The van der Waals surface area contributed by atoms with Gasteiger partial charge in [-0.25, -0.2) is 13.9 Å². The molecule has 0 bridgehead atoms. The number of rotatable bonds is 6. The zero-order valence-corrected chi connectivity index (χ0v) is 16.4. The van der Waals surface area contributed by atoms with Crippen molar-refractivity contribution in [1.29, 1.82) is 0 Å². The summed E-state index contributed by atoms with van der Waals surface area (Å²) < 4.78 is 27.1. The quantitative estimate of drug-likeness (QED) is 0.507. The Kier molecular flexibility index (Phi) is 4.80. The molecule has 8 nitrogen and oxygen atoms in total. The summed E-state index contributed by atoms with van der Waals surface area (Å²) in [7, 11) is 0. The molecule has 5 rings (SSSR count). The molecule has 2 atom stereocenters. The summed E-state index contributed by atoms with van der Waals surface area (Å²) in [5.41, 5.74) is 3.21. The van der Waals surface area contributed by atoms with Crippen molar-refractivity contribution in [2.45, 2.75) is 25.5 Å². The molecule has 2 unspecified atom stereocenters. The van der Waals surface area contributed by atoms with E-state index in [0.29, 0.717) is 30.4 Å². The largest absolute Gasteiger partial charge is 0.488 e. The maximum absolute atomic E-state index is 14.0. The van der Waals surface area contributed by atoms with Gasteiger partial charge in [0.1, 0.15) is 23.5 Å². The van der Waals surface area contributed by atoms with Gasteiger partial charge in [-0.15, -0.1) is 0 Å². The molecule has 0 saturated carbocycles. The Balaban J connectivity index is 1.42. The predicted molar refractivity (Wildman–Crippen MR) is 109 cm³/mol. The second kappa shape index (κ2) is 7.75. The van der Waals surface area contributed by atoms with Gasteiger partial charge in [-0.05, 0) is 31.2 Å². The first-order chi connectivity index (χ1) is 14.7. The van der Waals surface area contributed by atoms with E-state index in [9.17, 15) is 4.39 Å². The van der Waals surface area contributed by atoms with Crippen LogP contribution in [0.25, 0.3) is 16.8 Å². The molecule has 1 aromatic carbocycles. The maximum atomic E-state index is 14.0. The third-order valence-corrected chi connectivity index (χ3v) is 5.16. The first kappa shape index (κ1) is 18.6. The lowest BCUT2D eigenvalue weighted by molar-refractivity contribution is 0.140. The minimum absolute atomic E-state index is 0.0137. The highest BCUT2D eigenvalue weighted by atomic mass is 19.1. The molecule has 0 aliphatic carbocycles. The summed E-state index contributed by atoms with van der Waals surface area (Å²) >= 11 is 0. The average molecular weight is 408 g/mol. The summed E-state index contributed by atoms with van der Waals surface area (Å²) in [5, 5.41) is 14.5. The molecule has 1 fully saturated rings. The first-order valence-corrected chi connectivity index (χ1v) is 9.81. The van der Waals surface area contributed by atoms with E-state index in [4.69, 9.17) is 14.5 Å². The molecule has 0 radical (unpaired) electrons. The molecule has 0 spiro atoms. The summed E-state index contributed by atoms with van der Waals surface area (Å²) in [6.07, 6.45) is 7.92. The first-order valence-electron chi connectivity index (χ1n) is 9.81. The summed E-state index contributed by atoms with van der Waals surface area (Å²) in [6, 6.07) is 6.19. The number of benzene rings is 1. The van der Waals surface area contributed by atoms with Gasteiger partial charge >= 0.3 is 0 Å². The number of nitrogens with zero attached hydrogens (tertiary/aromatic N) is 4. The van der Waals surface area contributed by atoms with Crippen molar-refractivity contribution in [3.8, 4) is 16.9 Å². The Labute approximate surface area is 172 Å². The number of halogens is 1. The number of aromatic amines is 1. The molecule has 154 valence electrons.